The molecule has 0 unspecified atom stereocenters. The van der Waals surface area contributed by atoms with Crippen molar-refractivity contribution in [3.8, 4) is 0 Å². The van der Waals surface area contributed by atoms with Crippen LogP contribution in [0, 0.1) is 5.41 Å². The normalized spacial score (nSPS) is 20.4. The maximum absolute atomic E-state index is 12.9. The Kier molecular flexibility index (Phi) is 5.38. The maximum atomic E-state index is 12.9. The second kappa shape index (κ2) is 8.08. The smallest absolute Gasteiger partial charge is 0.317 e. The standard InChI is InChI=1S/C20H27N5O2/c26-19(22-15-20(7-8-20)16-25-11-4-10-23-25)24(14-18-6-3-12-27-18)13-17-5-1-2-9-21-17/h1-2,4-5,9-11,18H,3,6-8,12-16H2,(H,22,26)/t18-/m1/s1. The second-order valence-corrected chi connectivity index (χ2v) is 7.70. The summed E-state index contributed by atoms with van der Waals surface area (Å²) >= 11 is 0. The van der Waals surface area contributed by atoms with E-state index >= 15 is 0 Å². The van der Waals surface area contributed by atoms with Crippen molar-refractivity contribution in [3.63, 3.8) is 0 Å². The Morgan fingerprint density at radius 1 is 1.33 bits per heavy atom. The first-order valence-corrected chi connectivity index (χ1v) is 9.74. The summed E-state index contributed by atoms with van der Waals surface area (Å²) in [5.74, 6) is 0. The molecule has 7 nitrogen and oxygen atoms in total. The molecule has 1 aliphatic carbocycles. The SMILES string of the molecule is O=C(NCC1(Cn2cccn2)CC1)N(Cc1ccccn1)C[C@H]1CCCO1. The van der Waals surface area contributed by atoms with E-state index in [0.717, 1.165) is 44.5 Å². The van der Waals surface area contributed by atoms with Gasteiger partial charge in [0.15, 0.2) is 0 Å². The van der Waals surface area contributed by atoms with Crippen LogP contribution in [0.5, 0.6) is 0 Å². The van der Waals surface area contributed by atoms with Crippen LogP contribution in [0.15, 0.2) is 42.9 Å². The van der Waals surface area contributed by atoms with Crippen LogP contribution in [0.25, 0.3) is 0 Å². The molecule has 4 rings (SSSR count). The van der Waals surface area contributed by atoms with Gasteiger partial charge >= 0.3 is 6.03 Å². The minimum atomic E-state index is -0.0390. The van der Waals surface area contributed by atoms with Crippen LogP contribution < -0.4 is 5.32 Å². The summed E-state index contributed by atoms with van der Waals surface area (Å²) in [6.45, 7) is 3.42. The van der Waals surface area contributed by atoms with Crippen molar-refractivity contribution in [1.29, 1.82) is 0 Å². The van der Waals surface area contributed by atoms with Gasteiger partial charge in [-0.15, -0.1) is 0 Å². The van der Waals surface area contributed by atoms with E-state index in [0.29, 0.717) is 19.6 Å². The molecule has 1 saturated carbocycles. The topological polar surface area (TPSA) is 72.3 Å². The molecular weight excluding hydrogens is 342 g/mol. The summed E-state index contributed by atoms with van der Waals surface area (Å²) in [5.41, 5.74) is 1.03. The molecule has 27 heavy (non-hydrogen) atoms. The third-order valence-electron chi connectivity index (χ3n) is 5.44. The molecule has 0 aromatic carbocycles. The van der Waals surface area contributed by atoms with Crippen LogP contribution in [0.1, 0.15) is 31.4 Å². The highest BCUT2D eigenvalue weighted by atomic mass is 16.5. The summed E-state index contributed by atoms with van der Waals surface area (Å²) in [7, 11) is 0. The average Bonchev–Trinajstić information content (AvgIpc) is 3.05. The summed E-state index contributed by atoms with van der Waals surface area (Å²) in [4.78, 5) is 19.1. The molecule has 1 aliphatic heterocycles. The first-order chi connectivity index (χ1) is 13.2. The van der Waals surface area contributed by atoms with E-state index in [1.54, 1.807) is 12.4 Å². The van der Waals surface area contributed by atoms with Crippen LogP contribution in [0.2, 0.25) is 0 Å². The molecule has 2 aromatic heterocycles. The molecule has 1 atom stereocenters. The molecule has 2 aliphatic rings. The van der Waals surface area contributed by atoms with Gasteiger partial charge in [0.2, 0.25) is 0 Å². The Balaban J connectivity index is 1.36. The number of pyridine rings is 1. The molecule has 144 valence electrons. The highest BCUT2D eigenvalue weighted by Gasteiger charge is 2.43. The number of urea groups is 1. The number of hydrogen-bond donors (Lipinski definition) is 1. The van der Waals surface area contributed by atoms with E-state index in [-0.39, 0.29) is 17.6 Å². The molecule has 0 bridgehead atoms. The van der Waals surface area contributed by atoms with E-state index in [1.165, 1.54) is 0 Å². The Hall–Kier alpha value is -2.41. The van der Waals surface area contributed by atoms with E-state index in [1.807, 2.05) is 40.0 Å². The van der Waals surface area contributed by atoms with Crippen molar-refractivity contribution in [2.24, 2.45) is 5.41 Å². The summed E-state index contributed by atoms with van der Waals surface area (Å²) in [6, 6.07) is 7.69. The van der Waals surface area contributed by atoms with Gasteiger partial charge < -0.3 is 15.0 Å². The number of aromatic nitrogens is 3. The molecule has 0 spiro atoms. The lowest BCUT2D eigenvalue weighted by Crippen LogP contribution is -2.45. The number of carbonyl (C=O) groups is 1. The van der Waals surface area contributed by atoms with Gasteiger partial charge in [0.05, 0.1) is 18.3 Å². The number of hydrogen-bond acceptors (Lipinski definition) is 4. The lowest BCUT2D eigenvalue weighted by Gasteiger charge is -2.26. The van der Waals surface area contributed by atoms with Gasteiger partial charge in [-0.1, -0.05) is 6.07 Å². The van der Waals surface area contributed by atoms with E-state index in [9.17, 15) is 4.79 Å². The zero-order valence-corrected chi connectivity index (χ0v) is 15.6. The first-order valence-electron chi connectivity index (χ1n) is 9.74. The number of rotatable bonds is 8. The van der Waals surface area contributed by atoms with E-state index < -0.39 is 0 Å². The van der Waals surface area contributed by atoms with Crippen LogP contribution >= 0.6 is 0 Å². The fraction of sp³-hybridized carbons (Fsp3) is 0.550. The molecular formula is C20H27N5O2. The summed E-state index contributed by atoms with van der Waals surface area (Å²) in [5, 5.41) is 7.45. The minimum Gasteiger partial charge on any atom is -0.376 e. The third-order valence-corrected chi connectivity index (χ3v) is 5.44. The van der Waals surface area contributed by atoms with Crippen LogP contribution in [-0.2, 0) is 17.8 Å². The first kappa shape index (κ1) is 18.0. The molecule has 2 amide bonds. The van der Waals surface area contributed by atoms with Gasteiger partial charge in [0.1, 0.15) is 0 Å². The predicted octanol–water partition coefficient (Wildman–Crippen LogP) is 2.45. The van der Waals surface area contributed by atoms with Crippen molar-refractivity contribution < 1.29 is 9.53 Å². The highest BCUT2D eigenvalue weighted by Crippen LogP contribution is 2.46. The van der Waals surface area contributed by atoms with Gasteiger partial charge in [-0.05, 0) is 43.9 Å². The summed E-state index contributed by atoms with van der Waals surface area (Å²) < 4.78 is 7.70. The van der Waals surface area contributed by atoms with Crippen LogP contribution in [0.3, 0.4) is 0 Å². The monoisotopic (exact) mass is 369 g/mol. The largest absolute Gasteiger partial charge is 0.376 e. The van der Waals surface area contributed by atoms with Gasteiger partial charge in [0.25, 0.3) is 0 Å². The van der Waals surface area contributed by atoms with Crippen LogP contribution in [-0.4, -0.2) is 51.5 Å². The average molecular weight is 369 g/mol. The predicted molar refractivity (Wildman–Crippen MR) is 101 cm³/mol. The molecule has 0 radical (unpaired) electrons. The number of nitrogens with zero attached hydrogens (tertiary/aromatic N) is 4. The van der Waals surface area contributed by atoms with Gasteiger partial charge in [-0.3, -0.25) is 9.67 Å². The Labute approximate surface area is 159 Å². The van der Waals surface area contributed by atoms with E-state index in [4.69, 9.17) is 4.74 Å². The lowest BCUT2D eigenvalue weighted by atomic mass is 10.1. The Morgan fingerprint density at radius 3 is 2.93 bits per heavy atom. The van der Waals surface area contributed by atoms with Crippen molar-refractivity contribution in [1.82, 2.24) is 25.0 Å². The molecule has 7 heteroatoms. The van der Waals surface area contributed by atoms with E-state index in [2.05, 4.69) is 15.4 Å². The summed E-state index contributed by atoms with van der Waals surface area (Å²) in [6.07, 6.45) is 9.99. The van der Waals surface area contributed by atoms with Crippen molar-refractivity contribution in [2.45, 2.75) is 44.9 Å². The zero-order valence-electron chi connectivity index (χ0n) is 15.6. The third kappa shape index (κ3) is 4.86. The van der Waals surface area contributed by atoms with Crippen LogP contribution in [0.4, 0.5) is 4.79 Å². The maximum Gasteiger partial charge on any atom is 0.317 e. The van der Waals surface area contributed by atoms with Gasteiger partial charge in [-0.2, -0.15) is 5.10 Å². The molecule has 1 N–H and O–H groups in total. The second-order valence-electron chi connectivity index (χ2n) is 7.70. The van der Waals surface area contributed by atoms with Crippen molar-refractivity contribution in [3.05, 3.63) is 48.5 Å². The Bertz CT molecular complexity index is 724. The number of amides is 2. The fourth-order valence-electron chi connectivity index (χ4n) is 3.62. The Morgan fingerprint density at radius 2 is 2.26 bits per heavy atom. The van der Waals surface area contributed by atoms with Crippen molar-refractivity contribution >= 4 is 6.03 Å². The molecule has 2 fully saturated rings. The lowest BCUT2D eigenvalue weighted by molar-refractivity contribution is 0.0788. The minimum absolute atomic E-state index is 0.0390. The number of carbonyl (C=O) groups excluding carboxylic acids is 1. The zero-order chi connectivity index (χ0) is 18.5. The highest BCUT2D eigenvalue weighted by molar-refractivity contribution is 5.74. The molecule has 3 heterocycles. The van der Waals surface area contributed by atoms with Crippen molar-refractivity contribution in [2.75, 3.05) is 19.7 Å². The van der Waals surface area contributed by atoms with Gasteiger partial charge in [-0.25, -0.2) is 4.79 Å². The fourth-order valence-corrected chi connectivity index (χ4v) is 3.62. The quantitative estimate of drug-likeness (QED) is 0.776. The number of nitrogens with one attached hydrogen (secondary N) is 1. The molecule has 1 saturated heterocycles. The van der Waals surface area contributed by atoms with Gasteiger partial charge in [0, 0.05) is 50.2 Å². The molecule has 2 aromatic rings. The number of ether oxygens (including phenoxy) is 1.